The number of benzene rings is 1. The van der Waals surface area contributed by atoms with Crippen molar-refractivity contribution < 1.29 is 9.47 Å². The molecule has 0 fully saturated rings. The third kappa shape index (κ3) is 3.08. The molecule has 120 valence electrons. The SMILES string of the molecule is CNc1ccc(C2=CC(C)(COC)Oc3ccc(C)cc32)cn1. The van der Waals surface area contributed by atoms with E-state index in [-0.39, 0.29) is 0 Å². The molecule has 1 N–H and O–H groups in total. The first kappa shape index (κ1) is 15.6. The average Bonchev–Trinajstić information content (AvgIpc) is 2.55. The zero-order chi connectivity index (χ0) is 16.4. The Bertz CT molecular complexity index is 738. The zero-order valence-electron chi connectivity index (χ0n) is 14.0. The number of ether oxygens (including phenoxy) is 2. The number of methoxy groups -OCH3 is 1. The quantitative estimate of drug-likeness (QED) is 0.936. The summed E-state index contributed by atoms with van der Waals surface area (Å²) in [6.07, 6.45) is 4.02. The van der Waals surface area contributed by atoms with Crippen LogP contribution in [0.1, 0.15) is 23.6 Å². The van der Waals surface area contributed by atoms with Crippen molar-refractivity contribution in [2.45, 2.75) is 19.4 Å². The van der Waals surface area contributed by atoms with Crippen molar-refractivity contribution in [3.8, 4) is 5.75 Å². The Morgan fingerprint density at radius 1 is 1.26 bits per heavy atom. The van der Waals surface area contributed by atoms with Crippen molar-refractivity contribution in [2.75, 3.05) is 26.1 Å². The molecule has 0 spiro atoms. The van der Waals surface area contributed by atoms with Crippen molar-refractivity contribution in [3.05, 3.63) is 59.3 Å². The molecule has 4 heteroatoms. The van der Waals surface area contributed by atoms with Gasteiger partial charge in [0.1, 0.15) is 17.2 Å². The van der Waals surface area contributed by atoms with E-state index in [0.717, 1.165) is 28.3 Å². The van der Waals surface area contributed by atoms with Gasteiger partial charge in [0.25, 0.3) is 0 Å². The summed E-state index contributed by atoms with van der Waals surface area (Å²) in [4.78, 5) is 4.44. The number of fused-ring (bicyclic) bond motifs is 1. The first-order valence-corrected chi connectivity index (χ1v) is 7.71. The summed E-state index contributed by atoms with van der Waals surface area (Å²) >= 11 is 0. The smallest absolute Gasteiger partial charge is 0.148 e. The molecule has 1 aliphatic rings. The lowest BCUT2D eigenvalue weighted by atomic mass is 9.89. The molecule has 0 saturated carbocycles. The molecule has 1 atom stereocenters. The Labute approximate surface area is 137 Å². The lowest BCUT2D eigenvalue weighted by molar-refractivity contribution is 0.0374. The number of rotatable bonds is 4. The largest absolute Gasteiger partial charge is 0.480 e. The molecule has 23 heavy (non-hydrogen) atoms. The highest BCUT2D eigenvalue weighted by molar-refractivity contribution is 5.85. The standard InChI is InChI=1S/C19H22N2O2/c1-13-5-7-17-15(9-13)16(10-19(2,23-17)12-22-4)14-6-8-18(20-3)21-11-14/h5-11H,12H2,1-4H3,(H,20,21). The molecule has 0 bridgehead atoms. The molecule has 0 amide bonds. The monoisotopic (exact) mass is 310 g/mol. The summed E-state index contributed by atoms with van der Waals surface area (Å²) in [5.74, 6) is 1.73. The van der Waals surface area contributed by atoms with Gasteiger partial charge in [0.05, 0.1) is 6.61 Å². The Balaban J connectivity index is 2.12. The zero-order valence-corrected chi connectivity index (χ0v) is 14.0. The van der Waals surface area contributed by atoms with Crippen molar-refractivity contribution in [1.29, 1.82) is 0 Å². The Morgan fingerprint density at radius 3 is 2.74 bits per heavy atom. The molecule has 3 rings (SSSR count). The molecule has 4 nitrogen and oxygen atoms in total. The maximum Gasteiger partial charge on any atom is 0.148 e. The van der Waals surface area contributed by atoms with Crippen LogP contribution in [0.4, 0.5) is 5.82 Å². The van der Waals surface area contributed by atoms with Crippen LogP contribution in [0.25, 0.3) is 5.57 Å². The number of nitrogens with zero attached hydrogens (tertiary/aromatic N) is 1. The van der Waals surface area contributed by atoms with E-state index < -0.39 is 5.60 Å². The minimum absolute atomic E-state index is 0.492. The highest BCUT2D eigenvalue weighted by Gasteiger charge is 2.31. The number of aromatic nitrogens is 1. The molecule has 1 aromatic carbocycles. The van der Waals surface area contributed by atoms with Gasteiger partial charge in [0, 0.05) is 31.5 Å². The van der Waals surface area contributed by atoms with E-state index in [1.165, 1.54) is 5.56 Å². The molecular formula is C19H22N2O2. The van der Waals surface area contributed by atoms with E-state index in [1.54, 1.807) is 7.11 Å². The van der Waals surface area contributed by atoms with Gasteiger partial charge < -0.3 is 14.8 Å². The third-order valence-corrected chi connectivity index (χ3v) is 3.98. The van der Waals surface area contributed by atoms with Crippen LogP contribution in [-0.4, -0.2) is 31.3 Å². The number of anilines is 1. The van der Waals surface area contributed by atoms with E-state index in [2.05, 4.69) is 41.5 Å². The number of hydrogen-bond acceptors (Lipinski definition) is 4. The molecule has 2 heterocycles. The van der Waals surface area contributed by atoms with Crippen molar-refractivity contribution >= 4 is 11.4 Å². The molecule has 1 unspecified atom stereocenters. The van der Waals surface area contributed by atoms with Crippen LogP contribution >= 0.6 is 0 Å². The van der Waals surface area contributed by atoms with Crippen molar-refractivity contribution in [1.82, 2.24) is 4.98 Å². The highest BCUT2D eigenvalue weighted by atomic mass is 16.5. The van der Waals surface area contributed by atoms with Gasteiger partial charge in [-0.25, -0.2) is 4.98 Å². The summed E-state index contributed by atoms with van der Waals surface area (Å²) in [7, 11) is 3.56. The predicted molar refractivity (Wildman–Crippen MR) is 93.0 cm³/mol. The van der Waals surface area contributed by atoms with Gasteiger partial charge in [-0.15, -0.1) is 0 Å². The summed E-state index contributed by atoms with van der Waals surface area (Å²) in [5, 5.41) is 3.05. The maximum atomic E-state index is 6.18. The van der Waals surface area contributed by atoms with Crippen LogP contribution in [0.2, 0.25) is 0 Å². The second kappa shape index (κ2) is 6.05. The van der Waals surface area contributed by atoms with Crippen molar-refractivity contribution in [3.63, 3.8) is 0 Å². The molecule has 2 aromatic rings. The summed E-state index contributed by atoms with van der Waals surface area (Å²) in [6, 6.07) is 10.3. The number of nitrogens with one attached hydrogen (secondary N) is 1. The van der Waals surface area contributed by atoms with Crippen molar-refractivity contribution in [2.24, 2.45) is 0 Å². The summed E-state index contributed by atoms with van der Waals surface area (Å²) in [6.45, 7) is 4.61. The Hall–Kier alpha value is -2.33. The van der Waals surface area contributed by atoms with E-state index in [1.807, 2.05) is 32.3 Å². The van der Waals surface area contributed by atoms with Gasteiger partial charge >= 0.3 is 0 Å². The Kier molecular flexibility index (Phi) is 4.09. The minimum atomic E-state index is -0.492. The fraction of sp³-hybridized carbons (Fsp3) is 0.316. The molecule has 1 aromatic heterocycles. The second-order valence-corrected chi connectivity index (χ2v) is 6.09. The third-order valence-electron chi connectivity index (χ3n) is 3.98. The van der Waals surface area contributed by atoms with E-state index >= 15 is 0 Å². The van der Waals surface area contributed by atoms with E-state index in [0.29, 0.717) is 6.61 Å². The summed E-state index contributed by atoms with van der Waals surface area (Å²) in [5.41, 5.74) is 4.01. The van der Waals surface area contributed by atoms with Crippen LogP contribution in [0.5, 0.6) is 5.75 Å². The number of aryl methyl sites for hydroxylation is 1. The van der Waals surface area contributed by atoms with Gasteiger partial charge in [-0.1, -0.05) is 11.6 Å². The van der Waals surface area contributed by atoms with Gasteiger partial charge in [-0.2, -0.15) is 0 Å². The maximum absolute atomic E-state index is 6.18. The second-order valence-electron chi connectivity index (χ2n) is 6.09. The number of hydrogen-bond donors (Lipinski definition) is 1. The fourth-order valence-electron chi connectivity index (χ4n) is 2.90. The lowest BCUT2D eigenvalue weighted by Crippen LogP contribution is -2.37. The van der Waals surface area contributed by atoms with Crippen LogP contribution < -0.4 is 10.1 Å². The first-order chi connectivity index (χ1) is 11.0. The van der Waals surface area contributed by atoms with Gasteiger partial charge in [-0.05, 0) is 49.8 Å². The Morgan fingerprint density at radius 2 is 2.09 bits per heavy atom. The van der Waals surface area contributed by atoms with Crippen LogP contribution in [-0.2, 0) is 4.74 Å². The molecule has 0 radical (unpaired) electrons. The van der Waals surface area contributed by atoms with Crippen LogP contribution in [0.15, 0.2) is 42.6 Å². The fourth-order valence-corrected chi connectivity index (χ4v) is 2.90. The van der Waals surface area contributed by atoms with Gasteiger partial charge in [-0.3, -0.25) is 0 Å². The van der Waals surface area contributed by atoms with Gasteiger partial charge in [0.2, 0.25) is 0 Å². The first-order valence-electron chi connectivity index (χ1n) is 7.71. The molecule has 0 aliphatic carbocycles. The van der Waals surface area contributed by atoms with E-state index in [4.69, 9.17) is 9.47 Å². The number of pyridine rings is 1. The van der Waals surface area contributed by atoms with Crippen LogP contribution in [0.3, 0.4) is 0 Å². The minimum Gasteiger partial charge on any atom is -0.480 e. The van der Waals surface area contributed by atoms with Crippen LogP contribution in [0, 0.1) is 6.92 Å². The van der Waals surface area contributed by atoms with Gasteiger partial charge in [0.15, 0.2) is 0 Å². The lowest BCUT2D eigenvalue weighted by Gasteiger charge is -2.34. The summed E-state index contributed by atoms with van der Waals surface area (Å²) < 4.78 is 11.5. The average molecular weight is 310 g/mol. The molecule has 0 saturated heterocycles. The highest BCUT2D eigenvalue weighted by Crippen LogP contribution is 2.40. The molecule has 1 aliphatic heterocycles. The molecular weight excluding hydrogens is 288 g/mol. The van der Waals surface area contributed by atoms with E-state index in [9.17, 15) is 0 Å². The predicted octanol–water partition coefficient (Wildman–Crippen LogP) is 3.66. The topological polar surface area (TPSA) is 43.4 Å². The normalized spacial score (nSPS) is 19.6.